The molecule has 18 heavy (non-hydrogen) atoms. The van der Waals surface area contributed by atoms with Crippen LogP contribution < -0.4 is 0 Å². The number of benzene rings is 1. The Labute approximate surface area is 99.5 Å². The Hall–Kier alpha value is -2.11. The molecule has 0 radical (unpaired) electrons. The van der Waals surface area contributed by atoms with Gasteiger partial charge in [-0.15, -0.1) is 0 Å². The minimum absolute atomic E-state index is 0.0337. The summed E-state index contributed by atoms with van der Waals surface area (Å²) in [5.74, 6) is -1.50. The Balaban J connectivity index is 2.52. The number of alkyl halides is 3. The van der Waals surface area contributed by atoms with E-state index in [1.165, 1.54) is 18.3 Å². The van der Waals surface area contributed by atoms with Gasteiger partial charge in [0.1, 0.15) is 5.75 Å². The molecule has 0 bridgehead atoms. The number of rotatable bonds is 1. The van der Waals surface area contributed by atoms with E-state index in [0.29, 0.717) is 6.07 Å². The van der Waals surface area contributed by atoms with Gasteiger partial charge in [0.05, 0.1) is 5.56 Å². The molecule has 1 aromatic carbocycles. The van der Waals surface area contributed by atoms with E-state index >= 15 is 0 Å². The smallest absolute Gasteiger partial charge is 0.416 e. The van der Waals surface area contributed by atoms with Crippen LogP contribution in [-0.2, 0) is 6.18 Å². The van der Waals surface area contributed by atoms with Crippen LogP contribution in [-0.4, -0.2) is 10.1 Å². The van der Waals surface area contributed by atoms with Crippen LogP contribution in [0.25, 0.3) is 11.1 Å². The molecule has 0 saturated heterocycles. The molecule has 2 nitrogen and oxygen atoms in total. The molecule has 1 heterocycles. The molecule has 0 saturated carbocycles. The van der Waals surface area contributed by atoms with E-state index in [2.05, 4.69) is 4.98 Å². The minimum atomic E-state index is -4.55. The van der Waals surface area contributed by atoms with E-state index in [9.17, 15) is 22.7 Å². The number of hydrogen-bond acceptors (Lipinski definition) is 2. The summed E-state index contributed by atoms with van der Waals surface area (Å²) in [5, 5.41) is 9.54. The molecular weight excluding hydrogens is 250 g/mol. The van der Waals surface area contributed by atoms with E-state index in [1.807, 2.05) is 0 Å². The standard InChI is InChI=1S/C12H7F4NO/c13-11-9(2-1-5-17-11)8-4-3-7(6-10(8)18)12(14,15)16/h1-6,18H. The third kappa shape index (κ3) is 2.27. The van der Waals surface area contributed by atoms with Gasteiger partial charge in [0.15, 0.2) is 0 Å². The molecule has 2 aromatic rings. The van der Waals surface area contributed by atoms with E-state index in [0.717, 1.165) is 12.1 Å². The molecule has 0 aliphatic heterocycles. The fourth-order valence-electron chi connectivity index (χ4n) is 1.52. The first kappa shape index (κ1) is 12.3. The monoisotopic (exact) mass is 257 g/mol. The van der Waals surface area contributed by atoms with Crippen LogP contribution in [0.1, 0.15) is 5.56 Å². The molecule has 0 spiro atoms. The lowest BCUT2D eigenvalue weighted by Gasteiger charge is -2.10. The lowest BCUT2D eigenvalue weighted by atomic mass is 10.0. The second-order valence-electron chi connectivity index (χ2n) is 3.57. The van der Waals surface area contributed by atoms with Crippen LogP contribution in [0, 0.1) is 5.95 Å². The summed E-state index contributed by atoms with van der Waals surface area (Å²) in [6.07, 6.45) is -3.34. The van der Waals surface area contributed by atoms with Gasteiger partial charge in [-0.1, -0.05) is 0 Å². The van der Waals surface area contributed by atoms with Crippen LogP contribution in [0.15, 0.2) is 36.5 Å². The van der Waals surface area contributed by atoms with Crippen molar-refractivity contribution < 1.29 is 22.7 Å². The second kappa shape index (κ2) is 4.29. The van der Waals surface area contributed by atoms with E-state index < -0.39 is 23.4 Å². The number of halogens is 4. The van der Waals surface area contributed by atoms with Gasteiger partial charge >= 0.3 is 6.18 Å². The van der Waals surface area contributed by atoms with Crippen molar-refractivity contribution in [3.05, 3.63) is 48.0 Å². The van der Waals surface area contributed by atoms with Crippen LogP contribution >= 0.6 is 0 Å². The highest BCUT2D eigenvalue weighted by Crippen LogP contribution is 2.36. The molecule has 0 aliphatic rings. The SMILES string of the molecule is Oc1cc(C(F)(F)F)ccc1-c1cccnc1F. The molecule has 0 unspecified atom stereocenters. The summed E-state index contributed by atoms with van der Waals surface area (Å²) in [7, 11) is 0. The maximum absolute atomic E-state index is 13.3. The third-order valence-electron chi connectivity index (χ3n) is 2.37. The predicted molar refractivity (Wildman–Crippen MR) is 56.3 cm³/mol. The fraction of sp³-hybridized carbons (Fsp3) is 0.0833. The van der Waals surface area contributed by atoms with Gasteiger partial charge in [0.25, 0.3) is 0 Å². The van der Waals surface area contributed by atoms with Gasteiger partial charge in [0.2, 0.25) is 5.95 Å². The first-order valence-corrected chi connectivity index (χ1v) is 4.90. The average Bonchev–Trinajstić information content (AvgIpc) is 2.29. The van der Waals surface area contributed by atoms with Crippen molar-refractivity contribution in [3.8, 4) is 16.9 Å². The summed E-state index contributed by atoms with van der Waals surface area (Å²) in [6.45, 7) is 0. The Morgan fingerprint density at radius 3 is 2.33 bits per heavy atom. The zero-order valence-electron chi connectivity index (χ0n) is 8.87. The molecule has 0 amide bonds. The topological polar surface area (TPSA) is 33.1 Å². The van der Waals surface area contributed by atoms with Gasteiger partial charge in [-0.25, -0.2) is 4.98 Å². The number of phenols is 1. The number of aromatic nitrogens is 1. The lowest BCUT2D eigenvalue weighted by Crippen LogP contribution is -2.04. The molecule has 2 rings (SSSR count). The number of aromatic hydroxyl groups is 1. The highest BCUT2D eigenvalue weighted by Gasteiger charge is 2.31. The van der Waals surface area contributed by atoms with Crippen molar-refractivity contribution in [3.63, 3.8) is 0 Å². The summed E-state index contributed by atoms with van der Waals surface area (Å²) in [5.41, 5.74) is -1.08. The van der Waals surface area contributed by atoms with Gasteiger partial charge in [-0.2, -0.15) is 17.6 Å². The van der Waals surface area contributed by atoms with E-state index in [4.69, 9.17) is 0 Å². The van der Waals surface area contributed by atoms with Gasteiger partial charge in [-0.3, -0.25) is 0 Å². The van der Waals surface area contributed by atoms with Gasteiger partial charge in [-0.05, 0) is 30.3 Å². The van der Waals surface area contributed by atoms with Crippen LogP contribution in [0.5, 0.6) is 5.75 Å². The quantitative estimate of drug-likeness (QED) is 0.625. The predicted octanol–water partition coefficient (Wildman–Crippen LogP) is 3.61. The first-order chi connectivity index (χ1) is 8.39. The number of nitrogens with zero attached hydrogens (tertiary/aromatic N) is 1. The van der Waals surface area contributed by atoms with Gasteiger partial charge < -0.3 is 5.11 Å². The molecule has 1 N–H and O–H groups in total. The van der Waals surface area contributed by atoms with Crippen molar-refractivity contribution in [2.24, 2.45) is 0 Å². The first-order valence-electron chi connectivity index (χ1n) is 4.90. The zero-order valence-corrected chi connectivity index (χ0v) is 8.87. The maximum Gasteiger partial charge on any atom is 0.416 e. The number of pyridine rings is 1. The fourth-order valence-corrected chi connectivity index (χ4v) is 1.52. The minimum Gasteiger partial charge on any atom is -0.507 e. The molecule has 1 aromatic heterocycles. The largest absolute Gasteiger partial charge is 0.507 e. The Bertz CT molecular complexity index is 581. The highest BCUT2D eigenvalue weighted by molar-refractivity contribution is 5.70. The summed E-state index contributed by atoms with van der Waals surface area (Å²) in [4.78, 5) is 3.37. The van der Waals surface area contributed by atoms with Crippen molar-refractivity contribution in [1.82, 2.24) is 4.98 Å². The Morgan fingerprint density at radius 2 is 1.78 bits per heavy atom. The molecule has 94 valence electrons. The van der Waals surface area contributed by atoms with Crippen LogP contribution in [0.4, 0.5) is 17.6 Å². The lowest BCUT2D eigenvalue weighted by molar-refractivity contribution is -0.137. The molecule has 0 fully saturated rings. The van der Waals surface area contributed by atoms with Crippen molar-refractivity contribution in [2.45, 2.75) is 6.18 Å². The third-order valence-corrected chi connectivity index (χ3v) is 2.37. The molecule has 0 atom stereocenters. The molecule has 0 aliphatic carbocycles. The molecular formula is C12H7F4NO. The van der Waals surface area contributed by atoms with Gasteiger partial charge in [0, 0.05) is 17.3 Å². The normalized spacial score (nSPS) is 11.6. The Morgan fingerprint density at radius 1 is 1.06 bits per heavy atom. The zero-order chi connectivity index (χ0) is 13.3. The second-order valence-corrected chi connectivity index (χ2v) is 3.57. The number of hydrogen-bond donors (Lipinski definition) is 1. The number of phenolic OH excluding ortho intramolecular Hbond substituents is 1. The van der Waals surface area contributed by atoms with Crippen molar-refractivity contribution >= 4 is 0 Å². The van der Waals surface area contributed by atoms with E-state index in [1.54, 1.807) is 0 Å². The summed E-state index contributed by atoms with van der Waals surface area (Å²) >= 11 is 0. The average molecular weight is 257 g/mol. The van der Waals surface area contributed by atoms with Crippen LogP contribution in [0.2, 0.25) is 0 Å². The Kier molecular flexibility index (Phi) is 2.94. The summed E-state index contributed by atoms with van der Waals surface area (Å²) in [6, 6.07) is 5.10. The highest BCUT2D eigenvalue weighted by atomic mass is 19.4. The molecule has 6 heteroatoms. The van der Waals surface area contributed by atoms with Crippen LogP contribution in [0.3, 0.4) is 0 Å². The summed E-state index contributed by atoms with van der Waals surface area (Å²) < 4.78 is 50.5. The van der Waals surface area contributed by atoms with Crippen molar-refractivity contribution in [1.29, 1.82) is 0 Å². The van der Waals surface area contributed by atoms with Crippen molar-refractivity contribution in [2.75, 3.05) is 0 Å². The van der Waals surface area contributed by atoms with E-state index in [-0.39, 0.29) is 11.1 Å². The maximum atomic E-state index is 13.3.